The minimum absolute atomic E-state index is 0.0777. The van der Waals surface area contributed by atoms with Crippen molar-refractivity contribution in [1.29, 1.82) is 0 Å². The molecule has 0 bridgehead atoms. The molecular formula is C21H19ClN4O. The van der Waals surface area contributed by atoms with Crippen LogP contribution in [-0.2, 0) is 0 Å². The van der Waals surface area contributed by atoms with E-state index in [1.165, 1.54) is 19.3 Å². The molecule has 27 heavy (non-hydrogen) atoms. The predicted molar refractivity (Wildman–Crippen MR) is 105 cm³/mol. The van der Waals surface area contributed by atoms with Gasteiger partial charge in [-0.2, -0.15) is 0 Å². The number of aromatic nitrogens is 3. The highest BCUT2D eigenvalue weighted by molar-refractivity contribution is 6.31. The number of nitrogens with zero attached hydrogens (tertiary/aromatic N) is 3. The number of benzene rings is 1. The van der Waals surface area contributed by atoms with Crippen molar-refractivity contribution in [3.8, 4) is 11.3 Å². The maximum Gasteiger partial charge on any atom is 0.252 e. The molecule has 0 saturated heterocycles. The van der Waals surface area contributed by atoms with Gasteiger partial charge in [-0.15, -0.1) is 0 Å². The fourth-order valence-electron chi connectivity index (χ4n) is 3.37. The number of amides is 1. The van der Waals surface area contributed by atoms with Gasteiger partial charge in [0.15, 0.2) is 0 Å². The van der Waals surface area contributed by atoms with Gasteiger partial charge in [0.2, 0.25) is 0 Å². The number of rotatable bonds is 4. The Kier molecular flexibility index (Phi) is 4.05. The Morgan fingerprint density at radius 2 is 1.85 bits per heavy atom. The summed E-state index contributed by atoms with van der Waals surface area (Å²) in [5, 5.41) is 4.47. The van der Waals surface area contributed by atoms with E-state index in [-0.39, 0.29) is 11.9 Å². The van der Waals surface area contributed by atoms with Crippen molar-refractivity contribution in [3.05, 3.63) is 53.1 Å². The van der Waals surface area contributed by atoms with E-state index in [9.17, 15) is 4.79 Å². The summed E-state index contributed by atoms with van der Waals surface area (Å²) < 4.78 is 0. The zero-order chi connectivity index (χ0) is 18.4. The van der Waals surface area contributed by atoms with E-state index < -0.39 is 0 Å². The highest BCUT2D eigenvalue weighted by Gasteiger charge is 2.26. The third-order valence-electron chi connectivity index (χ3n) is 5.37. The standard InChI is InChI=1S/C21H19ClN4O/c22-14-6-7-18-16(8-14)17(21(27)25-15-2-1-3-15)9-19(26-18)13-10-23-20(24-11-13)12-4-5-12/h6-12,15H,1-5H2,(H,25,27). The van der Waals surface area contributed by atoms with Gasteiger partial charge in [-0.1, -0.05) is 11.6 Å². The molecule has 5 rings (SSSR count). The highest BCUT2D eigenvalue weighted by Crippen LogP contribution is 2.38. The molecule has 3 aromatic rings. The first-order chi connectivity index (χ1) is 13.2. The lowest BCUT2D eigenvalue weighted by Gasteiger charge is -2.26. The summed E-state index contributed by atoms with van der Waals surface area (Å²) in [5.41, 5.74) is 2.84. The lowest BCUT2D eigenvalue weighted by Crippen LogP contribution is -2.39. The van der Waals surface area contributed by atoms with Crippen molar-refractivity contribution in [2.45, 2.75) is 44.1 Å². The number of fused-ring (bicyclic) bond motifs is 1. The Morgan fingerprint density at radius 1 is 1.07 bits per heavy atom. The molecule has 1 N–H and O–H groups in total. The van der Waals surface area contributed by atoms with Crippen molar-refractivity contribution >= 4 is 28.4 Å². The van der Waals surface area contributed by atoms with Crippen LogP contribution in [0.3, 0.4) is 0 Å². The maximum atomic E-state index is 12.9. The highest BCUT2D eigenvalue weighted by atomic mass is 35.5. The quantitative estimate of drug-likeness (QED) is 0.725. The van der Waals surface area contributed by atoms with Crippen LogP contribution >= 0.6 is 11.6 Å². The molecular weight excluding hydrogens is 360 g/mol. The van der Waals surface area contributed by atoms with Gasteiger partial charge in [-0.25, -0.2) is 15.0 Å². The summed E-state index contributed by atoms with van der Waals surface area (Å²) in [6.45, 7) is 0. The number of halogens is 1. The van der Waals surface area contributed by atoms with Crippen molar-refractivity contribution in [2.75, 3.05) is 0 Å². The first kappa shape index (κ1) is 16.6. The van der Waals surface area contributed by atoms with Crippen LogP contribution in [0.4, 0.5) is 0 Å². The average molecular weight is 379 g/mol. The van der Waals surface area contributed by atoms with Gasteiger partial charge in [0, 0.05) is 40.3 Å². The molecule has 0 atom stereocenters. The summed E-state index contributed by atoms with van der Waals surface area (Å²) in [6.07, 6.45) is 9.19. The monoisotopic (exact) mass is 378 g/mol. The molecule has 1 amide bonds. The normalized spacial score (nSPS) is 16.9. The Labute approximate surface area is 162 Å². The summed E-state index contributed by atoms with van der Waals surface area (Å²) in [6, 6.07) is 7.53. The van der Waals surface area contributed by atoms with Crippen LogP contribution in [-0.4, -0.2) is 26.9 Å². The van der Waals surface area contributed by atoms with E-state index >= 15 is 0 Å². The molecule has 2 aliphatic carbocycles. The molecule has 0 radical (unpaired) electrons. The minimum atomic E-state index is -0.0777. The molecule has 0 spiro atoms. The SMILES string of the molecule is O=C(NC1CCC1)c1cc(-c2cnc(C3CC3)nc2)nc2ccc(Cl)cc12. The summed E-state index contributed by atoms with van der Waals surface area (Å²) in [4.78, 5) is 26.6. The van der Waals surface area contributed by atoms with Gasteiger partial charge in [0.05, 0.1) is 16.8 Å². The third kappa shape index (κ3) is 3.28. The second-order valence-corrected chi connectivity index (χ2v) is 7.86. The smallest absolute Gasteiger partial charge is 0.252 e. The fraction of sp³-hybridized carbons (Fsp3) is 0.333. The molecule has 0 aliphatic heterocycles. The number of hydrogen-bond donors (Lipinski definition) is 1. The van der Waals surface area contributed by atoms with Gasteiger partial charge in [-0.3, -0.25) is 4.79 Å². The van der Waals surface area contributed by atoms with Gasteiger partial charge in [-0.05, 0) is 56.4 Å². The van der Waals surface area contributed by atoms with E-state index in [0.29, 0.717) is 22.2 Å². The number of nitrogens with one attached hydrogen (secondary N) is 1. The topological polar surface area (TPSA) is 67.8 Å². The Bertz CT molecular complexity index is 1030. The second kappa shape index (κ2) is 6.57. The zero-order valence-corrected chi connectivity index (χ0v) is 15.5. The fourth-order valence-corrected chi connectivity index (χ4v) is 3.54. The Morgan fingerprint density at radius 3 is 2.52 bits per heavy atom. The molecule has 2 aliphatic rings. The first-order valence-electron chi connectivity index (χ1n) is 9.41. The number of carbonyl (C=O) groups is 1. The molecule has 2 aromatic heterocycles. The van der Waals surface area contributed by atoms with E-state index in [2.05, 4.69) is 15.3 Å². The predicted octanol–water partition coefficient (Wildman–Crippen LogP) is 4.50. The molecule has 6 heteroatoms. The van der Waals surface area contributed by atoms with Gasteiger partial charge in [0.25, 0.3) is 5.91 Å². The molecule has 2 saturated carbocycles. The van der Waals surface area contributed by atoms with E-state index in [4.69, 9.17) is 16.6 Å². The van der Waals surface area contributed by atoms with E-state index in [0.717, 1.165) is 35.1 Å². The number of carbonyl (C=O) groups excluding carboxylic acids is 1. The molecule has 2 fully saturated rings. The molecule has 136 valence electrons. The third-order valence-corrected chi connectivity index (χ3v) is 5.60. The van der Waals surface area contributed by atoms with Crippen LogP contribution in [0.25, 0.3) is 22.2 Å². The van der Waals surface area contributed by atoms with Gasteiger partial charge in [0.1, 0.15) is 5.82 Å². The average Bonchev–Trinajstić information content (AvgIpc) is 3.49. The van der Waals surface area contributed by atoms with Crippen molar-refractivity contribution in [1.82, 2.24) is 20.3 Å². The van der Waals surface area contributed by atoms with Crippen LogP contribution in [0, 0.1) is 0 Å². The van der Waals surface area contributed by atoms with Crippen LogP contribution in [0.15, 0.2) is 36.7 Å². The van der Waals surface area contributed by atoms with Crippen LogP contribution < -0.4 is 5.32 Å². The van der Waals surface area contributed by atoms with Crippen LogP contribution in [0.5, 0.6) is 0 Å². The Hall–Kier alpha value is -2.53. The van der Waals surface area contributed by atoms with E-state index in [1.807, 2.05) is 12.1 Å². The Balaban J connectivity index is 1.57. The second-order valence-electron chi connectivity index (χ2n) is 7.42. The van der Waals surface area contributed by atoms with Gasteiger partial charge < -0.3 is 5.32 Å². The van der Waals surface area contributed by atoms with Crippen molar-refractivity contribution in [3.63, 3.8) is 0 Å². The van der Waals surface area contributed by atoms with E-state index in [1.54, 1.807) is 24.5 Å². The molecule has 2 heterocycles. The lowest BCUT2D eigenvalue weighted by molar-refractivity contribution is 0.0918. The number of pyridine rings is 1. The molecule has 5 nitrogen and oxygen atoms in total. The largest absolute Gasteiger partial charge is 0.349 e. The summed E-state index contributed by atoms with van der Waals surface area (Å²) >= 11 is 6.17. The zero-order valence-electron chi connectivity index (χ0n) is 14.8. The first-order valence-corrected chi connectivity index (χ1v) is 9.78. The maximum absolute atomic E-state index is 12.9. The molecule has 1 aromatic carbocycles. The van der Waals surface area contributed by atoms with Crippen LogP contribution in [0.1, 0.15) is 54.2 Å². The number of hydrogen-bond acceptors (Lipinski definition) is 4. The van der Waals surface area contributed by atoms with Crippen molar-refractivity contribution in [2.24, 2.45) is 0 Å². The lowest BCUT2D eigenvalue weighted by atomic mass is 9.92. The minimum Gasteiger partial charge on any atom is -0.349 e. The molecule has 0 unspecified atom stereocenters. The van der Waals surface area contributed by atoms with Crippen LogP contribution in [0.2, 0.25) is 5.02 Å². The van der Waals surface area contributed by atoms with Gasteiger partial charge >= 0.3 is 0 Å². The summed E-state index contributed by atoms with van der Waals surface area (Å²) in [5.74, 6) is 1.33. The van der Waals surface area contributed by atoms with Crippen molar-refractivity contribution < 1.29 is 4.79 Å². The summed E-state index contributed by atoms with van der Waals surface area (Å²) in [7, 11) is 0.